The molecule has 0 N–H and O–H groups in total. The summed E-state index contributed by atoms with van der Waals surface area (Å²) in [6, 6.07) is 67.0. The van der Waals surface area contributed by atoms with Crippen LogP contribution in [0.2, 0.25) is 0 Å². The van der Waals surface area contributed by atoms with Crippen molar-refractivity contribution < 1.29 is 26.3 Å². The summed E-state index contributed by atoms with van der Waals surface area (Å²) in [4.78, 5) is 0. The van der Waals surface area contributed by atoms with Gasteiger partial charge in [0.15, 0.2) is 0 Å². The van der Waals surface area contributed by atoms with Crippen LogP contribution in [0.25, 0.3) is 121 Å². The summed E-state index contributed by atoms with van der Waals surface area (Å²) in [5.74, 6) is 0. The molecule has 354 valence electrons. The number of halogens is 6. The molecule has 74 heavy (non-hydrogen) atoms. The highest BCUT2D eigenvalue weighted by molar-refractivity contribution is 6.25. The SMILES string of the molecule is N#Cc1c(-n2c3ccccc3c3ccc4c5ccccc5n(-c5ccccc5)c4c32)cc(-c2cc(C(F)(F)F)cc(C(F)(F)F)c2)cc1-n1c2ccccc2c2ccc3c4ccccc4n(-c4ccccc4)c3c21. The summed E-state index contributed by atoms with van der Waals surface area (Å²) in [7, 11) is 0. The van der Waals surface area contributed by atoms with E-state index in [9.17, 15) is 31.6 Å². The number of hydrogen-bond acceptors (Lipinski definition) is 1. The zero-order chi connectivity index (χ0) is 50.2. The number of hydrogen-bond donors (Lipinski definition) is 0. The van der Waals surface area contributed by atoms with E-state index >= 15 is 0 Å². The van der Waals surface area contributed by atoms with Gasteiger partial charge in [0.2, 0.25) is 0 Å². The maximum atomic E-state index is 14.9. The number of nitrogens with zero attached hydrogens (tertiary/aromatic N) is 5. The van der Waals surface area contributed by atoms with Crippen LogP contribution in [0, 0.1) is 11.3 Å². The van der Waals surface area contributed by atoms with Gasteiger partial charge in [-0.05, 0) is 90.0 Å². The average Bonchev–Trinajstić information content (AvgIpc) is 4.16. The largest absolute Gasteiger partial charge is 0.416 e. The minimum absolute atomic E-state index is 0.0361. The lowest BCUT2D eigenvalue weighted by Gasteiger charge is -2.20. The molecule has 0 saturated carbocycles. The summed E-state index contributed by atoms with van der Waals surface area (Å²) >= 11 is 0. The van der Waals surface area contributed by atoms with E-state index in [2.05, 4.69) is 39.5 Å². The standard InChI is InChI=1S/C63H35F6N5/c64-62(65,66)39-31-37(32-40(35-39)63(67,68)69)38-33-56(73-54-25-13-9-21-45(54)49-29-27-47-43-19-7-11-23-52(43)71(58(47)60(49)73)41-15-3-1-4-16-41)51(36-70)57(34-38)74-55-26-14-10-22-46(55)50-30-28-48-44-20-8-12-24-53(44)72(59(48)61(50)74)42-17-5-2-6-18-42/h1-35H. The van der Waals surface area contributed by atoms with E-state index < -0.39 is 23.5 Å². The molecule has 14 rings (SSSR count). The van der Waals surface area contributed by atoms with Crippen molar-refractivity contribution in [1.29, 1.82) is 5.26 Å². The predicted molar refractivity (Wildman–Crippen MR) is 284 cm³/mol. The van der Waals surface area contributed by atoms with Crippen LogP contribution in [0.5, 0.6) is 0 Å². The fourth-order valence-electron chi connectivity index (χ4n) is 11.6. The van der Waals surface area contributed by atoms with Gasteiger partial charge >= 0.3 is 12.4 Å². The molecule has 0 saturated heterocycles. The topological polar surface area (TPSA) is 43.5 Å². The number of para-hydroxylation sites is 6. The predicted octanol–water partition coefficient (Wildman–Crippen LogP) is 17.7. The lowest BCUT2D eigenvalue weighted by atomic mass is 9.96. The number of nitriles is 1. The molecule has 0 radical (unpaired) electrons. The molecule has 11 heteroatoms. The number of benzene rings is 10. The molecule has 0 spiro atoms. The first-order valence-corrected chi connectivity index (χ1v) is 23.9. The van der Waals surface area contributed by atoms with E-state index in [1.165, 1.54) is 0 Å². The van der Waals surface area contributed by atoms with Crippen molar-refractivity contribution in [3.8, 4) is 39.9 Å². The summed E-state index contributed by atoms with van der Waals surface area (Å²) < 4.78 is 97.6. The minimum Gasteiger partial charge on any atom is -0.307 e. The van der Waals surface area contributed by atoms with Crippen molar-refractivity contribution in [2.24, 2.45) is 0 Å². The molecule has 10 aromatic carbocycles. The van der Waals surface area contributed by atoms with E-state index in [4.69, 9.17) is 0 Å². The first-order valence-electron chi connectivity index (χ1n) is 23.9. The Balaban J connectivity index is 1.22. The second kappa shape index (κ2) is 15.7. The molecular formula is C63H35F6N5. The zero-order valence-electron chi connectivity index (χ0n) is 38.7. The molecule has 0 aliphatic heterocycles. The molecule has 0 aliphatic rings. The molecule has 0 fully saturated rings. The van der Waals surface area contributed by atoms with Crippen LogP contribution < -0.4 is 0 Å². The van der Waals surface area contributed by atoms with Crippen LogP contribution in [-0.2, 0) is 12.4 Å². The molecule has 0 aliphatic carbocycles. The van der Waals surface area contributed by atoms with Gasteiger partial charge in [0, 0.05) is 54.5 Å². The monoisotopic (exact) mass is 975 g/mol. The highest BCUT2D eigenvalue weighted by Crippen LogP contribution is 2.48. The van der Waals surface area contributed by atoms with Gasteiger partial charge in [-0.15, -0.1) is 0 Å². The van der Waals surface area contributed by atoms with Crippen molar-refractivity contribution in [1.82, 2.24) is 18.3 Å². The molecular weight excluding hydrogens is 941 g/mol. The minimum atomic E-state index is -5.12. The third-order valence-corrected chi connectivity index (χ3v) is 14.6. The van der Waals surface area contributed by atoms with Crippen LogP contribution in [0.15, 0.2) is 212 Å². The third kappa shape index (κ3) is 6.24. The Hall–Kier alpha value is -9.53. The Morgan fingerprint density at radius 3 is 0.946 bits per heavy atom. The van der Waals surface area contributed by atoms with E-state index in [0.29, 0.717) is 22.1 Å². The van der Waals surface area contributed by atoms with Crippen LogP contribution in [-0.4, -0.2) is 18.3 Å². The number of fused-ring (bicyclic) bond motifs is 14. The average molecular weight is 976 g/mol. The highest BCUT2D eigenvalue weighted by atomic mass is 19.4. The molecule has 0 unspecified atom stereocenters. The molecule has 0 bridgehead atoms. The van der Waals surface area contributed by atoms with Crippen LogP contribution in [0.1, 0.15) is 16.7 Å². The fourth-order valence-corrected chi connectivity index (χ4v) is 11.6. The maximum Gasteiger partial charge on any atom is 0.416 e. The highest BCUT2D eigenvalue weighted by Gasteiger charge is 2.37. The van der Waals surface area contributed by atoms with Gasteiger partial charge in [-0.25, -0.2) is 0 Å². The van der Waals surface area contributed by atoms with Gasteiger partial charge in [0.25, 0.3) is 0 Å². The Morgan fingerprint density at radius 2 is 0.608 bits per heavy atom. The summed E-state index contributed by atoms with van der Waals surface area (Å²) in [6.45, 7) is 0. The van der Waals surface area contributed by atoms with Crippen molar-refractivity contribution in [2.75, 3.05) is 0 Å². The van der Waals surface area contributed by atoms with Crippen molar-refractivity contribution >= 4 is 87.2 Å². The van der Waals surface area contributed by atoms with E-state index in [-0.39, 0.29) is 34.1 Å². The Bertz CT molecular complexity index is 4410. The fraction of sp³-hybridized carbons (Fsp3) is 0.0317. The molecule has 0 atom stereocenters. The summed E-state index contributed by atoms with van der Waals surface area (Å²) in [5, 5.41) is 19.0. The molecule has 4 aromatic heterocycles. The summed E-state index contributed by atoms with van der Waals surface area (Å²) in [5.41, 5.74) is 5.36. The Kier molecular flexibility index (Phi) is 9.20. The summed E-state index contributed by atoms with van der Waals surface area (Å²) in [6.07, 6.45) is -10.2. The molecule has 14 aromatic rings. The van der Waals surface area contributed by atoms with Crippen LogP contribution in [0.4, 0.5) is 26.3 Å². The maximum absolute atomic E-state index is 14.9. The van der Waals surface area contributed by atoms with Crippen molar-refractivity contribution in [2.45, 2.75) is 12.4 Å². The quantitative estimate of drug-likeness (QED) is 0.159. The zero-order valence-corrected chi connectivity index (χ0v) is 38.7. The van der Waals surface area contributed by atoms with Gasteiger partial charge in [0.1, 0.15) is 11.6 Å². The van der Waals surface area contributed by atoms with Gasteiger partial charge in [-0.1, -0.05) is 133 Å². The molecule has 5 nitrogen and oxygen atoms in total. The Morgan fingerprint density at radius 1 is 0.311 bits per heavy atom. The van der Waals surface area contributed by atoms with Gasteiger partial charge in [-0.2, -0.15) is 31.6 Å². The van der Waals surface area contributed by atoms with Gasteiger partial charge < -0.3 is 18.3 Å². The van der Waals surface area contributed by atoms with E-state index in [1.54, 1.807) is 12.1 Å². The number of aromatic nitrogens is 4. The number of rotatable bonds is 5. The first-order chi connectivity index (χ1) is 36.0. The van der Waals surface area contributed by atoms with Crippen molar-refractivity contribution in [3.05, 3.63) is 229 Å². The smallest absolute Gasteiger partial charge is 0.307 e. The lowest BCUT2D eigenvalue weighted by molar-refractivity contribution is -0.143. The third-order valence-electron chi connectivity index (χ3n) is 14.6. The molecule has 0 amide bonds. The Labute approximate surface area is 416 Å². The van der Waals surface area contributed by atoms with E-state index in [1.807, 2.05) is 167 Å². The van der Waals surface area contributed by atoms with Gasteiger partial charge in [-0.3, -0.25) is 0 Å². The van der Waals surface area contributed by atoms with Crippen LogP contribution in [0.3, 0.4) is 0 Å². The normalized spacial score (nSPS) is 12.4. The van der Waals surface area contributed by atoms with Crippen LogP contribution >= 0.6 is 0 Å². The van der Waals surface area contributed by atoms with Gasteiger partial charge in [0.05, 0.1) is 66.6 Å². The van der Waals surface area contributed by atoms with E-state index in [0.717, 1.165) is 88.7 Å². The molecule has 4 heterocycles. The lowest BCUT2D eigenvalue weighted by Crippen LogP contribution is -2.11. The first kappa shape index (κ1) is 43.3. The van der Waals surface area contributed by atoms with Crippen molar-refractivity contribution in [3.63, 3.8) is 0 Å². The number of alkyl halides is 6. The second-order valence-corrected chi connectivity index (χ2v) is 18.6. The second-order valence-electron chi connectivity index (χ2n) is 18.6.